The molecule has 6 aromatic rings. The van der Waals surface area contributed by atoms with Crippen molar-refractivity contribution in [2.45, 2.75) is 109 Å². The number of ether oxygens (including phenoxy) is 2. The maximum Gasteiger partial charge on any atom is 0.332 e. The number of benzene rings is 3. The minimum atomic E-state index is -3.21. The molecule has 8 rings (SSSR count). The predicted octanol–water partition coefficient (Wildman–Crippen LogP) is 6.73. The summed E-state index contributed by atoms with van der Waals surface area (Å²) in [5, 5.41) is 13.8. The summed E-state index contributed by atoms with van der Waals surface area (Å²) < 4.78 is 31.3. The van der Waals surface area contributed by atoms with E-state index in [2.05, 4.69) is 60.6 Å². The monoisotopic (exact) mass is 878 g/mol. The van der Waals surface area contributed by atoms with Crippen molar-refractivity contribution < 1.29 is 23.5 Å². The molecule has 12 nitrogen and oxygen atoms in total. The summed E-state index contributed by atoms with van der Waals surface area (Å²) in [7, 11) is -3.21. The van der Waals surface area contributed by atoms with Gasteiger partial charge in [-0.3, -0.25) is 14.2 Å². The fraction of sp³-hybridized carbons (Fsp3) is 0.426. The van der Waals surface area contributed by atoms with Gasteiger partial charge in [-0.25, -0.2) is 13.8 Å². The highest BCUT2D eigenvalue weighted by Crippen LogP contribution is 2.46. The molecule has 1 amide bonds. The maximum absolute atomic E-state index is 15.4. The van der Waals surface area contributed by atoms with E-state index in [0.29, 0.717) is 58.6 Å². The lowest BCUT2D eigenvalue weighted by atomic mass is 9.82. The van der Waals surface area contributed by atoms with E-state index in [9.17, 15) is 19.2 Å². The van der Waals surface area contributed by atoms with Crippen molar-refractivity contribution in [1.29, 1.82) is 0 Å². The quantitative estimate of drug-likeness (QED) is 0.0806. The van der Waals surface area contributed by atoms with Crippen LogP contribution in [0, 0.1) is 18.7 Å². The molecule has 15 heteroatoms. The van der Waals surface area contributed by atoms with E-state index >= 15 is 4.39 Å². The van der Waals surface area contributed by atoms with Crippen LogP contribution in [0.5, 0.6) is 5.75 Å². The number of rotatable bonds is 16. The van der Waals surface area contributed by atoms with Crippen LogP contribution in [0.3, 0.4) is 0 Å². The molecule has 3 aromatic heterocycles. The zero-order valence-corrected chi connectivity index (χ0v) is 37.6. The van der Waals surface area contributed by atoms with Gasteiger partial charge in [-0.15, -0.1) is 4.80 Å². The van der Waals surface area contributed by atoms with Crippen molar-refractivity contribution in [3.63, 3.8) is 0 Å². The number of aromatic nitrogens is 5. The Bertz CT molecular complexity index is 2590. The molecule has 2 fully saturated rings. The second kappa shape index (κ2) is 18.2. The molecule has 0 bridgehead atoms. The van der Waals surface area contributed by atoms with Gasteiger partial charge >= 0.3 is 5.69 Å². The second-order valence-electron chi connectivity index (χ2n) is 17.4. The van der Waals surface area contributed by atoms with E-state index in [4.69, 9.17) is 9.47 Å². The topological polar surface area (TPSA) is 142 Å². The highest BCUT2D eigenvalue weighted by Gasteiger charge is 2.51. The van der Waals surface area contributed by atoms with Crippen LogP contribution in [0.1, 0.15) is 95.4 Å². The van der Waals surface area contributed by atoms with Crippen LogP contribution >= 0.6 is 11.3 Å². The first-order valence-corrected chi connectivity index (χ1v) is 24.5. The lowest BCUT2D eigenvalue weighted by Gasteiger charge is -2.44. The highest BCUT2D eigenvalue weighted by molar-refractivity contribution is 7.21. The molecule has 1 aliphatic carbocycles. The van der Waals surface area contributed by atoms with Crippen molar-refractivity contribution in [2.75, 3.05) is 13.2 Å². The van der Waals surface area contributed by atoms with Crippen molar-refractivity contribution >= 4 is 46.2 Å². The minimum Gasteiger partial charge on any atom is -0.493 e. The molecule has 326 valence electrons. The minimum absolute atomic E-state index is 0.0801. The van der Waals surface area contributed by atoms with Crippen LogP contribution in [0.25, 0.3) is 15.2 Å². The Morgan fingerprint density at radius 1 is 0.952 bits per heavy atom. The maximum atomic E-state index is 15.4. The van der Waals surface area contributed by atoms with Crippen LogP contribution in [0.2, 0.25) is 5.04 Å². The largest absolute Gasteiger partial charge is 0.493 e. The highest BCUT2D eigenvalue weighted by atomic mass is 32.1. The first kappa shape index (κ1) is 43.4. The van der Waals surface area contributed by atoms with Crippen LogP contribution in [-0.2, 0) is 16.1 Å². The number of hydrogen-bond donors (Lipinski definition) is 2. The number of nitrogens with one attached hydrogen (secondary N) is 1. The molecule has 0 unspecified atom stereocenters. The van der Waals surface area contributed by atoms with Crippen molar-refractivity contribution in [1.82, 2.24) is 29.4 Å². The van der Waals surface area contributed by atoms with E-state index in [1.807, 2.05) is 36.4 Å². The predicted molar refractivity (Wildman–Crippen MR) is 242 cm³/mol. The molecule has 2 N–H and O–H groups in total. The Morgan fingerprint density at radius 2 is 1.61 bits per heavy atom. The normalized spacial score (nSPS) is 18.9. The Kier molecular flexibility index (Phi) is 12.8. The van der Waals surface area contributed by atoms with E-state index in [0.717, 1.165) is 47.0 Å². The number of halogens is 1. The average Bonchev–Trinajstić information content (AvgIpc) is 4.04. The number of hydrogen-bond acceptors (Lipinski definition) is 9. The first-order chi connectivity index (χ1) is 29.9. The Morgan fingerprint density at radius 3 is 2.23 bits per heavy atom. The molecule has 62 heavy (non-hydrogen) atoms. The standard InChI is InChI=1S/C47H55FN6O6SSi/c1-5-6-27-59-39-22-19-33(48)28-37(39)40(30-52-45-41(31(2)44(61-45)54-50-25-26-51-54)43(56)53(46(52)57)38-23-24-49-42(38)55)60-34-20-17-32(18-21-34)29-47(3,4)62(58,35-13-9-7-10-14-35)36-15-11-8-12-16-36/h7-16,19,22,25-26,28,32,34,38,40,58H,5-6,17-18,20-21,23-24,27,29-30H2,1-4H3,(H,49,55)/t32-,34+,38-,40+/m1/s1. The number of carbonyl (C=O) groups excluding carboxylic acids is 1. The second-order valence-corrected chi connectivity index (χ2v) is 22.3. The molecule has 2 aliphatic rings. The van der Waals surface area contributed by atoms with Gasteiger partial charge in [0.05, 0.1) is 37.0 Å². The summed E-state index contributed by atoms with van der Waals surface area (Å²) in [6, 6.07) is 23.6. The molecule has 1 aliphatic heterocycles. The molecule has 1 saturated carbocycles. The number of aryl methyl sites for hydroxylation is 1. The number of amides is 1. The van der Waals surface area contributed by atoms with Crippen LogP contribution in [0.4, 0.5) is 4.39 Å². The zero-order valence-electron chi connectivity index (χ0n) is 35.8. The lowest BCUT2D eigenvalue weighted by Crippen LogP contribution is -2.65. The third-order valence-corrected chi connectivity index (χ3v) is 18.7. The molecule has 0 radical (unpaired) electrons. The van der Waals surface area contributed by atoms with Gasteiger partial charge in [0.2, 0.25) is 5.91 Å². The number of nitrogens with zero attached hydrogens (tertiary/aromatic N) is 5. The summed E-state index contributed by atoms with van der Waals surface area (Å²) in [4.78, 5) is 56.8. The van der Waals surface area contributed by atoms with E-state index in [1.54, 1.807) is 13.0 Å². The summed E-state index contributed by atoms with van der Waals surface area (Å²) in [5.41, 5.74) is -0.166. The van der Waals surface area contributed by atoms with Gasteiger partial charge in [0.1, 0.15) is 33.5 Å². The van der Waals surface area contributed by atoms with Gasteiger partial charge < -0.3 is 19.6 Å². The van der Waals surface area contributed by atoms with Crippen LogP contribution in [-0.4, -0.2) is 62.4 Å². The van der Waals surface area contributed by atoms with Crippen LogP contribution < -0.4 is 31.7 Å². The molecule has 0 spiro atoms. The van der Waals surface area contributed by atoms with Crippen molar-refractivity contribution in [3.8, 4) is 10.8 Å². The van der Waals surface area contributed by atoms with Crippen LogP contribution in [0.15, 0.2) is 101 Å². The van der Waals surface area contributed by atoms with Crippen molar-refractivity contribution in [2.24, 2.45) is 5.92 Å². The summed E-state index contributed by atoms with van der Waals surface area (Å²) in [6.45, 7) is 8.94. The molecule has 3 aromatic carbocycles. The van der Waals surface area contributed by atoms with Gasteiger partial charge in [0.15, 0.2) is 0 Å². The Labute approximate surface area is 365 Å². The van der Waals surface area contributed by atoms with Gasteiger partial charge in [-0.2, -0.15) is 10.2 Å². The molecule has 2 atom stereocenters. The summed E-state index contributed by atoms with van der Waals surface area (Å²) in [5.74, 6) is -0.0818. The first-order valence-electron chi connectivity index (χ1n) is 21.7. The molecule has 4 heterocycles. The molecule has 1 saturated heterocycles. The summed E-state index contributed by atoms with van der Waals surface area (Å²) >= 11 is 1.21. The van der Waals surface area contributed by atoms with Crippen molar-refractivity contribution in [3.05, 3.63) is 129 Å². The van der Waals surface area contributed by atoms with Gasteiger partial charge in [0.25, 0.3) is 13.9 Å². The Balaban J connectivity index is 1.14. The Hall–Kier alpha value is -5.22. The number of unbranched alkanes of at least 4 members (excludes halogenated alkanes) is 1. The third kappa shape index (κ3) is 8.35. The molecular formula is C47H55FN6O6SSi. The van der Waals surface area contributed by atoms with Gasteiger partial charge in [0, 0.05) is 17.7 Å². The molecular weight excluding hydrogens is 824 g/mol. The smallest absolute Gasteiger partial charge is 0.332 e. The van der Waals surface area contributed by atoms with E-state index in [1.165, 1.54) is 45.2 Å². The number of carbonyl (C=O) groups is 1. The number of thiophene rings is 1. The third-order valence-electron chi connectivity index (χ3n) is 12.9. The van der Waals surface area contributed by atoms with E-state index < -0.39 is 48.5 Å². The summed E-state index contributed by atoms with van der Waals surface area (Å²) in [6.07, 6.45) is 7.92. The number of fused-ring (bicyclic) bond motifs is 1. The fourth-order valence-corrected chi connectivity index (χ4v) is 14.7. The SMILES string of the molecule is CCCCOc1ccc(F)cc1[C@H](Cn1c(=O)n([C@@H]2CCNC2=O)c(=O)c2c(C)c(-n3nccn3)sc21)O[C@H]1CC[C@@H](CC(C)(C)[Si](O)(c2ccccc2)c2ccccc2)CC1. The average molecular weight is 879 g/mol. The zero-order chi connectivity index (χ0) is 43.6. The van der Waals surface area contributed by atoms with Gasteiger partial charge in [-0.1, -0.05) is 99.2 Å². The fourth-order valence-electron chi connectivity index (χ4n) is 9.62. The van der Waals surface area contributed by atoms with Gasteiger partial charge in [-0.05, 0) is 91.4 Å². The van der Waals surface area contributed by atoms with E-state index in [-0.39, 0.29) is 24.5 Å². The lowest BCUT2D eigenvalue weighted by molar-refractivity contribution is -0.122.